The predicted molar refractivity (Wildman–Crippen MR) is 214 cm³/mol. The van der Waals surface area contributed by atoms with E-state index in [1.54, 1.807) is 6.08 Å². The second kappa shape index (κ2) is 32.3. The van der Waals surface area contributed by atoms with Crippen molar-refractivity contribution in [3.8, 4) is 0 Å². The Morgan fingerprint density at radius 3 is 1.75 bits per heavy atom. The number of rotatable bonds is 34. The molecule has 322 valence electrons. The molecule has 0 spiro atoms. The highest BCUT2D eigenvalue weighted by Crippen LogP contribution is 2.26. The number of nitrogens with one attached hydrogen (secondary N) is 1. The van der Waals surface area contributed by atoms with Gasteiger partial charge in [0.1, 0.15) is 30.5 Å². The minimum atomic E-state index is -5.12. The number of aliphatic hydroxyl groups is 5. The minimum absolute atomic E-state index is 0.234. The lowest BCUT2D eigenvalue weighted by atomic mass is 9.99. The molecule has 0 saturated carbocycles. The zero-order valence-electron chi connectivity index (χ0n) is 33.6. The maximum absolute atomic E-state index is 13.0. The van der Waals surface area contributed by atoms with Gasteiger partial charge in [-0.15, -0.1) is 0 Å². The Hall–Kier alpha value is -1.72. The van der Waals surface area contributed by atoms with E-state index < -0.39 is 78.5 Å². The van der Waals surface area contributed by atoms with E-state index in [0.717, 1.165) is 44.9 Å². The summed E-state index contributed by atoms with van der Waals surface area (Å²) in [7, 11) is -5.12. The van der Waals surface area contributed by atoms with E-state index in [0.29, 0.717) is 12.8 Å². The first-order chi connectivity index (χ1) is 26.4. The number of unbranched alkanes of at least 4 members (excludes halogenated alkanes) is 17. The first-order valence-corrected chi connectivity index (χ1v) is 22.3. The summed E-state index contributed by atoms with van der Waals surface area (Å²) in [5.41, 5.74) is 0. The summed E-state index contributed by atoms with van der Waals surface area (Å²) in [6.45, 7) is 3.13. The van der Waals surface area contributed by atoms with Crippen molar-refractivity contribution in [2.24, 2.45) is 0 Å². The van der Waals surface area contributed by atoms with Gasteiger partial charge >= 0.3 is 10.4 Å². The second-order valence-electron chi connectivity index (χ2n) is 14.7. The fourth-order valence-electron chi connectivity index (χ4n) is 6.37. The smallest absolute Gasteiger partial charge is 0.394 e. The van der Waals surface area contributed by atoms with Crippen molar-refractivity contribution in [1.29, 1.82) is 0 Å². The minimum Gasteiger partial charge on any atom is -0.394 e. The van der Waals surface area contributed by atoms with Crippen LogP contribution in [0.1, 0.15) is 155 Å². The van der Waals surface area contributed by atoms with E-state index in [1.165, 1.54) is 83.1 Å². The average Bonchev–Trinajstić information content (AvgIpc) is 3.15. The van der Waals surface area contributed by atoms with Crippen molar-refractivity contribution in [2.45, 2.75) is 204 Å². The average molecular weight is 806 g/mol. The van der Waals surface area contributed by atoms with Gasteiger partial charge in [-0.05, 0) is 44.9 Å². The molecule has 0 radical (unpaired) electrons. The third-order valence-corrected chi connectivity index (χ3v) is 10.2. The molecular weight excluding hydrogens is 731 g/mol. The number of allylic oxidation sites excluding steroid dienone is 5. The Kier molecular flexibility index (Phi) is 30.1. The molecule has 14 heteroatoms. The third-order valence-electron chi connectivity index (χ3n) is 9.76. The molecule has 1 heterocycles. The van der Waals surface area contributed by atoms with Gasteiger partial charge in [0.15, 0.2) is 6.29 Å². The van der Waals surface area contributed by atoms with Crippen molar-refractivity contribution < 1.29 is 57.0 Å². The number of amides is 1. The zero-order valence-corrected chi connectivity index (χ0v) is 34.4. The molecular formula is C41H75NO12S. The van der Waals surface area contributed by atoms with Crippen LogP contribution < -0.4 is 5.32 Å². The Labute approximate surface area is 331 Å². The first-order valence-electron chi connectivity index (χ1n) is 21.0. The summed E-state index contributed by atoms with van der Waals surface area (Å²) in [5, 5.41) is 54.9. The van der Waals surface area contributed by atoms with Gasteiger partial charge in [0.25, 0.3) is 0 Å². The molecule has 7 N–H and O–H groups in total. The lowest BCUT2D eigenvalue weighted by Gasteiger charge is -2.41. The monoisotopic (exact) mass is 806 g/mol. The fourth-order valence-corrected chi connectivity index (χ4v) is 6.88. The summed E-state index contributed by atoms with van der Waals surface area (Å²) >= 11 is 0. The van der Waals surface area contributed by atoms with Gasteiger partial charge < -0.3 is 40.3 Å². The molecule has 1 amide bonds. The Morgan fingerprint density at radius 1 is 0.727 bits per heavy atom. The molecule has 55 heavy (non-hydrogen) atoms. The van der Waals surface area contributed by atoms with Gasteiger partial charge in [-0.25, -0.2) is 4.18 Å². The van der Waals surface area contributed by atoms with Crippen LogP contribution in [0, 0.1) is 0 Å². The summed E-state index contributed by atoms with van der Waals surface area (Å²) < 4.78 is 47.3. The van der Waals surface area contributed by atoms with Crippen molar-refractivity contribution in [1.82, 2.24) is 5.32 Å². The molecule has 0 aromatic carbocycles. The van der Waals surface area contributed by atoms with Crippen LogP contribution in [0.5, 0.6) is 0 Å². The van der Waals surface area contributed by atoms with Gasteiger partial charge in [0.05, 0.1) is 25.4 Å². The van der Waals surface area contributed by atoms with Crippen LogP contribution in [-0.4, -0.2) is 107 Å². The van der Waals surface area contributed by atoms with Crippen molar-refractivity contribution >= 4 is 16.3 Å². The van der Waals surface area contributed by atoms with Crippen molar-refractivity contribution in [2.75, 3.05) is 13.2 Å². The highest BCUT2D eigenvalue weighted by atomic mass is 32.3. The SMILES string of the molecule is CCCCCCCC/C=C/CC/C=C/CC/C=C/C(O)C(COC1OC(CO)C(O)C(OS(=O)(=O)O)C1O)NC(=O)C(O)CCCCCCCCCCCC. The molecule has 13 nitrogen and oxygen atoms in total. The number of hydrogen-bond donors (Lipinski definition) is 7. The maximum Gasteiger partial charge on any atom is 0.397 e. The predicted octanol–water partition coefficient (Wildman–Crippen LogP) is 6.13. The zero-order chi connectivity index (χ0) is 40.7. The maximum atomic E-state index is 13.0. The molecule has 1 aliphatic heterocycles. The van der Waals surface area contributed by atoms with E-state index in [2.05, 4.69) is 47.7 Å². The molecule has 0 aliphatic carbocycles. The Morgan fingerprint density at radius 2 is 1.22 bits per heavy atom. The third kappa shape index (κ3) is 25.3. The number of carbonyl (C=O) groups excluding carboxylic acids is 1. The fraction of sp³-hybridized carbons (Fsp3) is 0.829. The number of hydrogen-bond acceptors (Lipinski definition) is 11. The first kappa shape index (κ1) is 51.3. The number of ether oxygens (including phenoxy) is 2. The largest absolute Gasteiger partial charge is 0.397 e. The molecule has 0 aromatic rings. The lowest BCUT2D eigenvalue weighted by Crippen LogP contribution is -2.61. The number of carbonyl (C=O) groups is 1. The summed E-state index contributed by atoms with van der Waals surface area (Å²) in [6, 6.07) is -1.14. The summed E-state index contributed by atoms with van der Waals surface area (Å²) in [4.78, 5) is 13.0. The molecule has 8 atom stereocenters. The Bertz CT molecular complexity index is 1150. The van der Waals surface area contributed by atoms with Gasteiger partial charge in [0.2, 0.25) is 5.91 Å². The molecule has 1 fully saturated rings. The standard InChI is InChI=1S/C41H75NO12S/c1-3-5-7-9-11-13-15-16-17-18-19-20-22-23-25-27-29-34(44)33(42-40(48)35(45)30-28-26-24-21-14-12-10-8-6-4-2)32-52-41-38(47)39(54-55(49,50)51)37(46)36(31-43)53-41/h16-17,20,22,27,29,33-39,41,43-47H,3-15,18-19,21,23-26,28,30-32H2,1-2H3,(H,42,48)(H,49,50,51)/b17-16+,22-20+,29-27+. The van der Waals surface area contributed by atoms with Crippen LogP contribution in [-0.2, 0) is 28.9 Å². The molecule has 1 saturated heterocycles. The van der Waals surface area contributed by atoms with Crippen molar-refractivity contribution in [3.63, 3.8) is 0 Å². The van der Waals surface area contributed by atoms with Crippen molar-refractivity contribution in [3.05, 3.63) is 36.5 Å². The van der Waals surface area contributed by atoms with Crippen LogP contribution >= 0.6 is 0 Å². The van der Waals surface area contributed by atoms with Crippen LogP contribution in [0.4, 0.5) is 0 Å². The quantitative estimate of drug-likeness (QED) is 0.0223. The van der Waals surface area contributed by atoms with E-state index >= 15 is 0 Å². The van der Waals surface area contributed by atoms with Gasteiger partial charge in [0, 0.05) is 0 Å². The number of aliphatic hydroxyl groups excluding tert-OH is 5. The van der Waals surface area contributed by atoms with Gasteiger partial charge in [-0.2, -0.15) is 8.42 Å². The van der Waals surface area contributed by atoms with Crippen LogP contribution in [0.25, 0.3) is 0 Å². The second-order valence-corrected chi connectivity index (χ2v) is 15.8. The molecule has 0 bridgehead atoms. The van der Waals surface area contributed by atoms with Crippen LogP contribution in [0.3, 0.4) is 0 Å². The summed E-state index contributed by atoms with van der Waals surface area (Å²) in [6.07, 6.45) is 23.9. The Balaban J connectivity index is 2.71. The van der Waals surface area contributed by atoms with Crippen LogP contribution in [0.15, 0.2) is 36.5 Å². The van der Waals surface area contributed by atoms with Gasteiger partial charge in [-0.3, -0.25) is 9.35 Å². The van der Waals surface area contributed by atoms with Crippen LogP contribution in [0.2, 0.25) is 0 Å². The highest BCUT2D eigenvalue weighted by molar-refractivity contribution is 7.80. The topological polar surface area (TPSA) is 212 Å². The summed E-state index contributed by atoms with van der Waals surface area (Å²) in [5.74, 6) is -0.720. The van der Waals surface area contributed by atoms with E-state index in [1.807, 2.05) is 0 Å². The molecule has 1 rings (SSSR count). The van der Waals surface area contributed by atoms with Gasteiger partial charge in [-0.1, -0.05) is 147 Å². The molecule has 0 aromatic heterocycles. The van der Waals surface area contributed by atoms with E-state index in [9.17, 15) is 38.7 Å². The van der Waals surface area contributed by atoms with E-state index in [4.69, 9.17) is 14.0 Å². The molecule has 1 aliphatic rings. The normalized spacial score (nSPS) is 22.5. The molecule has 8 unspecified atom stereocenters. The van der Waals surface area contributed by atoms with E-state index in [-0.39, 0.29) is 6.42 Å². The lowest BCUT2D eigenvalue weighted by molar-refractivity contribution is -0.298. The highest BCUT2D eigenvalue weighted by Gasteiger charge is 2.48.